The van der Waals surface area contributed by atoms with Gasteiger partial charge in [0.15, 0.2) is 12.1 Å². The number of nitrogens with zero attached hydrogens (tertiary/aromatic N) is 3. The molecule has 8 nitrogen and oxygen atoms in total. The summed E-state index contributed by atoms with van der Waals surface area (Å²) in [5.41, 5.74) is 12.1. The number of ether oxygens (including phenoxy) is 1. The largest absolute Gasteiger partial charge is 0.479 e. The molecule has 4 rings (SSSR count). The number of fused-ring (bicyclic) bond motifs is 1. The van der Waals surface area contributed by atoms with Crippen molar-refractivity contribution >= 4 is 51.7 Å². The molecule has 39 heavy (non-hydrogen) atoms. The summed E-state index contributed by atoms with van der Waals surface area (Å²) < 4.78 is 5.86. The number of hydrogen-bond acceptors (Lipinski definition) is 4. The van der Waals surface area contributed by atoms with Gasteiger partial charge in [0.25, 0.3) is 5.91 Å². The van der Waals surface area contributed by atoms with Gasteiger partial charge in [-0.25, -0.2) is 0 Å². The Morgan fingerprint density at radius 2 is 1.85 bits per heavy atom. The second kappa shape index (κ2) is 13.0. The predicted molar refractivity (Wildman–Crippen MR) is 156 cm³/mol. The molecule has 0 saturated carbocycles. The standard InChI is InChI=1S/C29H33Cl2N5O3/c1-19(39-26-11-10-23(30)18-24(26)31)27(37)36-16-15-35(28(38)25(36)7-4-13-34-29(32)33)14-12-20-8-9-21-5-2-3-6-22(21)17-20/h2-3,5-6,8-11,17-19,25H,4,7,12-16H2,1H3,(H4,32,33,34)/t19-,25-/m0/s1. The summed E-state index contributed by atoms with van der Waals surface area (Å²) in [6.07, 6.45) is 0.859. The number of nitrogens with two attached hydrogens (primary N) is 2. The minimum Gasteiger partial charge on any atom is -0.479 e. The fourth-order valence-corrected chi connectivity index (χ4v) is 5.25. The molecular formula is C29H33Cl2N5O3. The highest BCUT2D eigenvalue weighted by Gasteiger charge is 2.38. The number of benzene rings is 3. The van der Waals surface area contributed by atoms with Crippen LogP contribution in [0.3, 0.4) is 0 Å². The van der Waals surface area contributed by atoms with Gasteiger partial charge in [0.1, 0.15) is 11.8 Å². The lowest BCUT2D eigenvalue weighted by Crippen LogP contribution is -2.60. The van der Waals surface area contributed by atoms with E-state index in [2.05, 4.69) is 35.3 Å². The fourth-order valence-electron chi connectivity index (χ4n) is 4.80. The van der Waals surface area contributed by atoms with E-state index in [9.17, 15) is 9.59 Å². The summed E-state index contributed by atoms with van der Waals surface area (Å²) in [5, 5.41) is 3.13. The van der Waals surface area contributed by atoms with E-state index < -0.39 is 12.1 Å². The number of guanidine groups is 1. The van der Waals surface area contributed by atoms with Crippen LogP contribution in [-0.2, 0) is 16.0 Å². The van der Waals surface area contributed by atoms with Crippen LogP contribution in [0.4, 0.5) is 0 Å². The minimum absolute atomic E-state index is 0.00298. The van der Waals surface area contributed by atoms with E-state index in [1.54, 1.807) is 30.0 Å². The molecule has 0 radical (unpaired) electrons. The first-order chi connectivity index (χ1) is 18.7. The summed E-state index contributed by atoms with van der Waals surface area (Å²) in [7, 11) is 0. The van der Waals surface area contributed by atoms with E-state index in [1.807, 2.05) is 17.0 Å². The third kappa shape index (κ3) is 7.34. The Morgan fingerprint density at radius 1 is 1.08 bits per heavy atom. The Kier molecular flexibility index (Phi) is 9.54. The first-order valence-corrected chi connectivity index (χ1v) is 13.7. The van der Waals surface area contributed by atoms with Crippen molar-refractivity contribution in [3.05, 3.63) is 76.3 Å². The van der Waals surface area contributed by atoms with Crippen LogP contribution in [0, 0.1) is 0 Å². The van der Waals surface area contributed by atoms with Gasteiger partial charge in [-0.05, 0) is 60.7 Å². The van der Waals surface area contributed by atoms with E-state index in [1.165, 1.54) is 10.8 Å². The molecule has 10 heteroatoms. The number of piperazine rings is 1. The third-order valence-corrected chi connectivity index (χ3v) is 7.36. The molecule has 0 unspecified atom stereocenters. The molecular weight excluding hydrogens is 537 g/mol. The summed E-state index contributed by atoms with van der Waals surface area (Å²) in [6.45, 7) is 3.43. The molecule has 1 fully saturated rings. The predicted octanol–water partition coefficient (Wildman–Crippen LogP) is 4.25. The third-order valence-electron chi connectivity index (χ3n) is 6.83. The summed E-state index contributed by atoms with van der Waals surface area (Å²) in [5.74, 6) is -0.0180. The number of halogens is 2. The zero-order valence-electron chi connectivity index (χ0n) is 21.9. The molecule has 1 heterocycles. The SMILES string of the molecule is C[C@H](Oc1ccc(Cl)cc1Cl)C(=O)N1CCN(CCc2ccc3ccccc3c2)C(=O)[C@@H]1CCCN=C(N)N. The lowest BCUT2D eigenvalue weighted by atomic mass is 10.0. The first kappa shape index (κ1) is 28.5. The van der Waals surface area contributed by atoms with Crippen LogP contribution in [0.2, 0.25) is 10.0 Å². The Hall–Kier alpha value is -3.49. The first-order valence-electron chi connectivity index (χ1n) is 13.0. The molecule has 1 aliphatic rings. The molecule has 3 aromatic rings. The van der Waals surface area contributed by atoms with Gasteiger partial charge < -0.3 is 26.0 Å². The van der Waals surface area contributed by atoms with Crippen LogP contribution >= 0.6 is 23.2 Å². The molecule has 2 amide bonds. The molecule has 3 aromatic carbocycles. The zero-order chi connectivity index (χ0) is 27.9. The van der Waals surface area contributed by atoms with Crippen molar-refractivity contribution in [2.45, 2.75) is 38.3 Å². The quantitative estimate of drug-likeness (QED) is 0.215. The van der Waals surface area contributed by atoms with Gasteiger partial charge in [0, 0.05) is 31.2 Å². The highest BCUT2D eigenvalue weighted by Crippen LogP contribution is 2.29. The van der Waals surface area contributed by atoms with Crippen LogP contribution < -0.4 is 16.2 Å². The van der Waals surface area contributed by atoms with Gasteiger partial charge in [-0.1, -0.05) is 65.7 Å². The Labute approximate surface area is 238 Å². The Bertz CT molecular complexity index is 1360. The van der Waals surface area contributed by atoms with Gasteiger partial charge in [0.2, 0.25) is 5.91 Å². The van der Waals surface area contributed by atoms with Crippen molar-refractivity contribution in [3.63, 3.8) is 0 Å². The molecule has 4 N–H and O–H groups in total. The Morgan fingerprint density at radius 3 is 2.59 bits per heavy atom. The maximum Gasteiger partial charge on any atom is 0.264 e. The van der Waals surface area contributed by atoms with Crippen LogP contribution in [0.15, 0.2) is 65.7 Å². The summed E-state index contributed by atoms with van der Waals surface area (Å²) >= 11 is 12.2. The zero-order valence-corrected chi connectivity index (χ0v) is 23.4. The smallest absolute Gasteiger partial charge is 0.264 e. The average Bonchev–Trinajstić information content (AvgIpc) is 2.91. The molecule has 206 valence electrons. The number of carbonyl (C=O) groups excluding carboxylic acids is 2. The average molecular weight is 571 g/mol. The number of rotatable bonds is 10. The van der Waals surface area contributed by atoms with E-state index in [4.69, 9.17) is 39.4 Å². The van der Waals surface area contributed by atoms with Crippen molar-refractivity contribution in [1.82, 2.24) is 9.80 Å². The summed E-state index contributed by atoms with van der Waals surface area (Å²) in [4.78, 5) is 34.6. The van der Waals surface area contributed by atoms with Crippen LogP contribution in [0.1, 0.15) is 25.3 Å². The van der Waals surface area contributed by atoms with Gasteiger partial charge in [0.05, 0.1) is 5.02 Å². The van der Waals surface area contributed by atoms with E-state index >= 15 is 0 Å². The van der Waals surface area contributed by atoms with Gasteiger partial charge in [-0.15, -0.1) is 0 Å². The summed E-state index contributed by atoms with van der Waals surface area (Å²) in [6, 6.07) is 18.7. The van der Waals surface area contributed by atoms with Gasteiger partial charge in [-0.3, -0.25) is 14.6 Å². The number of aliphatic imine (C=N–C) groups is 1. The fraction of sp³-hybridized carbons (Fsp3) is 0.345. The molecule has 1 saturated heterocycles. The second-order valence-electron chi connectivity index (χ2n) is 9.59. The molecule has 2 atom stereocenters. The van der Waals surface area contributed by atoms with Crippen LogP contribution in [0.5, 0.6) is 5.75 Å². The van der Waals surface area contributed by atoms with E-state index in [0.717, 1.165) is 12.0 Å². The monoisotopic (exact) mass is 569 g/mol. The van der Waals surface area contributed by atoms with Crippen molar-refractivity contribution in [2.75, 3.05) is 26.2 Å². The number of hydrogen-bond donors (Lipinski definition) is 2. The minimum atomic E-state index is -0.846. The normalized spacial score (nSPS) is 16.3. The van der Waals surface area contributed by atoms with Crippen LogP contribution in [0.25, 0.3) is 10.8 Å². The molecule has 0 aliphatic carbocycles. The van der Waals surface area contributed by atoms with Crippen molar-refractivity contribution in [2.24, 2.45) is 16.5 Å². The molecule has 0 bridgehead atoms. The van der Waals surface area contributed by atoms with Gasteiger partial charge in [-0.2, -0.15) is 0 Å². The lowest BCUT2D eigenvalue weighted by Gasteiger charge is -2.41. The highest BCUT2D eigenvalue weighted by molar-refractivity contribution is 6.35. The number of amides is 2. The number of carbonyl (C=O) groups is 2. The van der Waals surface area contributed by atoms with Crippen molar-refractivity contribution in [3.8, 4) is 5.75 Å². The molecule has 0 aromatic heterocycles. The molecule has 0 spiro atoms. The lowest BCUT2D eigenvalue weighted by molar-refractivity contribution is -0.155. The second-order valence-corrected chi connectivity index (χ2v) is 10.4. The maximum atomic E-state index is 13.6. The van der Waals surface area contributed by atoms with E-state index in [0.29, 0.717) is 54.8 Å². The maximum absolute atomic E-state index is 13.6. The van der Waals surface area contributed by atoms with Crippen molar-refractivity contribution < 1.29 is 14.3 Å². The topological polar surface area (TPSA) is 114 Å². The molecule has 1 aliphatic heterocycles. The van der Waals surface area contributed by atoms with Crippen molar-refractivity contribution in [1.29, 1.82) is 0 Å². The van der Waals surface area contributed by atoms with Gasteiger partial charge >= 0.3 is 0 Å². The Balaban J connectivity index is 1.45. The highest BCUT2D eigenvalue weighted by atomic mass is 35.5. The van der Waals surface area contributed by atoms with Crippen LogP contribution in [-0.4, -0.2) is 65.9 Å². The van der Waals surface area contributed by atoms with E-state index in [-0.39, 0.29) is 17.8 Å².